The summed E-state index contributed by atoms with van der Waals surface area (Å²) in [6.45, 7) is 6.49. The number of carbonyl (C=O) groups is 2. The van der Waals surface area contributed by atoms with Crippen LogP contribution in [-0.2, 0) is 11.3 Å². The van der Waals surface area contributed by atoms with Crippen LogP contribution in [0.4, 0.5) is 4.79 Å². The molecular weight excluding hydrogens is 318 g/mol. The summed E-state index contributed by atoms with van der Waals surface area (Å²) in [4.78, 5) is 27.4. The molecule has 8 nitrogen and oxygen atoms in total. The summed E-state index contributed by atoms with van der Waals surface area (Å²) in [6, 6.07) is 3.46. The molecule has 0 spiro atoms. The Labute approximate surface area is 138 Å². The smallest absolute Gasteiger partial charge is 0.407 e. The molecule has 0 fully saturated rings. The van der Waals surface area contributed by atoms with E-state index in [1.165, 1.54) is 11.3 Å². The van der Waals surface area contributed by atoms with Crippen LogP contribution in [-0.4, -0.2) is 30.7 Å². The van der Waals surface area contributed by atoms with Gasteiger partial charge in [0.25, 0.3) is 5.91 Å². The van der Waals surface area contributed by atoms with E-state index in [1.807, 2.05) is 0 Å². The zero-order chi connectivity index (χ0) is 17.3. The van der Waals surface area contributed by atoms with E-state index in [1.54, 1.807) is 32.9 Å². The Bertz CT molecular complexity index is 587. The van der Waals surface area contributed by atoms with Gasteiger partial charge in [-0.3, -0.25) is 4.79 Å². The van der Waals surface area contributed by atoms with Gasteiger partial charge in [0.15, 0.2) is 0 Å². The van der Waals surface area contributed by atoms with Gasteiger partial charge in [0.2, 0.25) is 0 Å². The number of carbonyl (C=O) groups excluding carboxylic acids is 2. The fraction of sp³-hybridized carbons (Fsp3) is 0.571. The van der Waals surface area contributed by atoms with Gasteiger partial charge in [-0.25, -0.2) is 4.79 Å². The molecule has 23 heavy (non-hydrogen) atoms. The highest BCUT2D eigenvalue weighted by atomic mass is 32.1. The van der Waals surface area contributed by atoms with Crippen molar-refractivity contribution in [1.82, 2.24) is 10.6 Å². The SMILES string of the molecule is CC(C)(C)OC(=O)NCCCNC(=O)c1ccc(CN=[N+]=[N-])s1. The molecule has 1 aromatic rings. The standard InChI is InChI=1S/C14H21N5O3S/c1-14(2,3)22-13(21)17-8-4-7-16-12(20)11-6-5-10(23-11)9-18-19-15/h5-6H,4,7-9H2,1-3H3,(H,16,20)(H,17,21). The number of nitrogens with one attached hydrogen (secondary N) is 2. The predicted molar refractivity (Wildman–Crippen MR) is 88.4 cm³/mol. The van der Waals surface area contributed by atoms with Gasteiger partial charge in [0.1, 0.15) is 5.60 Å². The highest BCUT2D eigenvalue weighted by molar-refractivity contribution is 7.14. The van der Waals surface area contributed by atoms with E-state index in [4.69, 9.17) is 10.3 Å². The van der Waals surface area contributed by atoms with Gasteiger partial charge >= 0.3 is 6.09 Å². The van der Waals surface area contributed by atoms with Crippen LogP contribution < -0.4 is 10.6 Å². The Hall–Kier alpha value is -2.25. The van der Waals surface area contributed by atoms with Crippen LogP contribution in [0.25, 0.3) is 10.4 Å². The van der Waals surface area contributed by atoms with E-state index in [9.17, 15) is 9.59 Å². The predicted octanol–water partition coefficient (Wildman–Crippen LogP) is 3.20. The first kappa shape index (κ1) is 18.8. The average Bonchev–Trinajstić information content (AvgIpc) is 2.91. The molecule has 2 amide bonds. The van der Waals surface area contributed by atoms with E-state index < -0.39 is 11.7 Å². The molecule has 0 bridgehead atoms. The van der Waals surface area contributed by atoms with Crippen molar-refractivity contribution in [2.24, 2.45) is 5.11 Å². The highest BCUT2D eigenvalue weighted by Gasteiger charge is 2.15. The van der Waals surface area contributed by atoms with E-state index in [-0.39, 0.29) is 12.5 Å². The first-order valence-corrected chi connectivity index (χ1v) is 7.98. The number of amides is 2. The number of alkyl carbamates (subject to hydrolysis) is 1. The molecule has 0 aromatic carbocycles. The lowest BCUT2D eigenvalue weighted by Crippen LogP contribution is -2.34. The minimum absolute atomic E-state index is 0.181. The maximum absolute atomic E-state index is 11.9. The molecule has 0 aliphatic carbocycles. The lowest BCUT2D eigenvalue weighted by Gasteiger charge is -2.19. The van der Waals surface area contributed by atoms with Crippen molar-refractivity contribution < 1.29 is 14.3 Å². The minimum Gasteiger partial charge on any atom is -0.444 e. The second-order valence-corrected chi connectivity index (χ2v) is 6.86. The second-order valence-electron chi connectivity index (χ2n) is 5.69. The Morgan fingerprint density at radius 1 is 1.30 bits per heavy atom. The van der Waals surface area contributed by atoms with Gasteiger partial charge in [-0.15, -0.1) is 11.3 Å². The molecule has 1 aromatic heterocycles. The zero-order valence-electron chi connectivity index (χ0n) is 13.5. The normalized spacial score (nSPS) is 10.6. The lowest BCUT2D eigenvalue weighted by molar-refractivity contribution is 0.0527. The van der Waals surface area contributed by atoms with Crippen molar-refractivity contribution in [3.8, 4) is 0 Å². The first-order valence-electron chi connectivity index (χ1n) is 7.16. The maximum atomic E-state index is 11.9. The largest absolute Gasteiger partial charge is 0.444 e. The zero-order valence-corrected chi connectivity index (χ0v) is 14.3. The van der Waals surface area contributed by atoms with E-state index in [2.05, 4.69) is 20.7 Å². The van der Waals surface area contributed by atoms with Crippen LogP contribution in [0.5, 0.6) is 0 Å². The Morgan fingerprint density at radius 3 is 2.65 bits per heavy atom. The van der Waals surface area contributed by atoms with Gasteiger partial charge < -0.3 is 15.4 Å². The molecule has 1 rings (SSSR count). The third-order valence-electron chi connectivity index (χ3n) is 2.48. The Balaban J connectivity index is 2.23. The molecule has 0 aliphatic heterocycles. The number of hydrogen-bond acceptors (Lipinski definition) is 5. The molecule has 0 atom stereocenters. The molecule has 0 radical (unpaired) electrons. The van der Waals surface area contributed by atoms with Gasteiger partial charge in [-0.2, -0.15) is 0 Å². The number of ether oxygens (including phenoxy) is 1. The van der Waals surface area contributed by atoms with Crippen molar-refractivity contribution in [2.45, 2.75) is 39.3 Å². The van der Waals surface area contributed by atoms with Crippen molar-refractivity contribution in [3.05, 3.63) is 32.3 Å². The molecule has 126 valence electrons. The first-order chi connectivity index (χ1) is 10.8. The van der Waals surface area contributed by atoms with Gasteiger partial charge in [-0.1, -0.05) is 5.11 Å². The topological polar surface area (TPSA) is 116 Å². The molecule has 9 heteroatoms. The third-order valence-corrected chi connectivity index (χ3v) is 3.55. The number of thiophene rings is 1. The average molecular weight is 339 g/mol. The summed E-state index contributed by atoms with van der Waals surface area (Å²) in [6.07, 6.45) is 0.131. The van der Waals surface area contributed by atoms with E-state index >= 15 is 0 Å². The lowest BCUT2D eigenvalue weighted by atomic mass is 10.2. The van der Waals surface area contributed by atoms with E-state index in [0.717, 1.165) is 4.88 Å². The fourth-order valence-electron chi connectivity index (χ4n) is 1.57. The van der Waals surface area contributed by atoms with Crippen LogP contribution in [0.1, 0.15) is 41.7 Å². The maximum Gasteiger partial charge on any atom is 0.407 e. The minimum atomic E-state index is -0.523. The summed E-state index contributed by atoms with van der Waals surface area (Å²) >= 11 is 1.29. The van der Waals surface area contributed by atoms with Crippen molar-refractivity contribution >= 4 is 23.3 Å². The Kier molecular flexibility index (Phi) is 7.37. The number of nitrogens with zero attached hydrogens (tertiary/aromatic N) is 3. The third kappa shape index (κ3) is 8.08. The van der Waals surface area contributed by atoms with Crippen LogP contribution >= 0.6 is 11.3 Å². The molecular formula is C14H21N5O3S. The summed E-state index contributed by atoms with van der Waals surface area (Å²) in [5, 5.41) is 8.84. The van der Waals surface area contributed by atoms with Gasteiger partial charge in [0.05, 0.1) is 11.4 Å². The quantitative estimate of drug-likeness (QED) is 0.344. The van der Waals surface area contributed by atoms with Crippen LogP contribution in [0.15, 0.2) is 17.2 Å². The van der Waals surface area contributed by atoms with Crippen molar-refractivity contribution in [1.29, 1.82) is 0 Å². The summed E-state index contributed by atoms with van der Waals surface area (Å²) in [7, 11) is 0. The van der Waals surface area contributed by atoms with Gasteiger partial charge in [0, 0.05) is 22.9 Å². The van der Waals surface area contributed by atoms with Crippen LogP contribution in [0.2, 0.25) is 0 Å². The Morgan fingerprint density at radius 2 is 2.00 bits per heavy atom. The molecule has 0 aliphatic rings. The number of rotatable bonds is 7. The molecule has 2 N–H and O–H groups in total. The fourth-order valence-corrected chi connectivity index (χ4v) is 2.41. The summed E-state index contributed by atoms with van der Waals surface area (Å²) in [5.41, 5.74) is 7.73. The van der Waals surface area contributed by atoms with Crippen LogP contribution in [0.3, 0.4) is 0 Å². The number of hydrogen-bond donors (Lipinski definition) is 2. The number of azide groups is 1. The molecule has 1 heterocycles. The summed E-state index contributed by atoms with van der Waals surface area (Å²) in [5.74, 6) is -0.181. The molecule has 0 saturated heterocycles. The van der Waals surface area contributed by atoms with Crippen LogP contribution in [0, 0.1) is 0 Å². The van der Waals surface area contributed by atoms with Crippen molar-refractivity contribution in [2.75, 3.05) is 13.1 Å². The highest BCUT2D eigenvalue weighted by Crippen LogP contribution is 2.17. The second kappa shape index (κ2) is 9.02. The summed E-state index contributed by atoms with van der Waals surface area (Å²) < 4.78 is 5.10. The van der Waals surface area contributed by atoms with Gasteiger partial charge in [-0.05, 0) is 44.9 Å². The van der Waals surface area contributed by atoms with Crippen molar-refractivity contribution in [3.63, 3.8) is 0 Å². The molecule has 0 unspecified atom stereocenters. The molecule has 0 saturated carbocycles. The monoisotopic (exact) mass is 339 g/mol. The van der Waals surface area contributed by atoms with E-state index in [0.29, 0.717) is 24.4 Å².